The number of likely N-dealkylation sites (tertiary alicyclic amines) is 1. The van der Waals surface area contributed by atoms with E-state index < -0.39 is 0 Å². The van der Waals surface area contributed by atoms with Crippen molar-refractivity contribution in [3.05, 3.63) is 77.1 Å². The number of hydrogen-bond acceptors (Lipinski definition) is 6. The molecule has 0 aliphatic carbocycles. The number of rotatable bonds is 4. The Balaban J connectivity index is 1.45. The molecule has 1 aliphatic heterocycles. The maximum atomic E-state index is 12.6. The fourth-order valence-corrected chi connectivity index (χ4v) is 4.16. The second-order valence-corrected chi connectivity index (χ2v) is 8.31. The molecule has 1 amide bonds. The first-order chi connectivity index (χ1) is 15.6. The Morgan fingerprint density at radius 1 is 1.16 bits per heavy atom. The molecule has 0 bridgehead atoms. The molecule has 162 valence electrons. The van der Waals surface area contributed by atoms with E-state index in [1.165, 1.54) is 6.26 Å². The van der Waals surface area contributed by atoms with Crippen molar-refractivity contribution < 1.29 is 13.7 Å². The van der Waals surface area contributed by atoms with Crippen molar-refractivity contribution in [3.8, 4) is 22.7 Å². The predicted octanol–water partition coefficient (Wildman–Crippen LogP) is 5.37. The Bertz CT molecular complexity index is 1230. The number of nitrogens with zero attached hydrogens (tertiary/aromatic N) is 4. The van der Waals surface area contributed by atoms with Crippen LogP contribution in [0.3, 0.4) is 0 Å². The highest BCUT2D eigenvalue weighted by Gasteiger charge is 2.29. The molecule has 7 nitrogen and oxygen atoms in total. The SMILES string of the molecule is Cc1cc(-c2cnc(-c3ccc(Cl)cc3)nc2C2CCN(C(=O)c3ccco3)CC2)on1. The van der Waals surface area contributed by atoms with E-state index in [4.69, 9.17) is 25.5 Å². The van der Waals surface area contributed by atoms with Crippen LogP contribution in [0.4, 0.5) is 0 Å². The van der Waals surface area contributed by atoms with E-state index in [0.717, 1.165) is 35.4 Å². The summed E-state index contributed by atoms with van der Waals surface area (Å²) in [4.78, 5) is 24.0. The second-order valence-electron chi connectivity index (χ2n) is 7.88. The highest BCUT2D eigenvalue weighted by molar-refractivity contribution is 6.30. The predicted molar refractivity (Wildman–Crippen MR) is 119 cm³/mol. The first-order valence-electron chi connectivity index (χ1n) is 10.5. The van der Waals surface area contributed by atoms with Crippen molar-refractivity contribution in [1.29, 1.82) is 0 Å². The van der Waals surface area contributed by atoms with Crippen molar-refractivity contribution in [2.75, 3.05) is 13.1 Å². The number of carbonyl (C=O) groups is 1. The van der Waals surface area contributed by atoms with Crippen LogP contribution in [-0.2, 0) is 0 Å². The van der Waals surface area contributed by atoms with E-state index in [1.807, 2.05) is 42.2 Å². The summed E-state index contributed by atoms with van der Waals surface area (Å²) in [6.07, 6.45) is 4.88. The molecular formula is C24H21ClN4O3. The number of amides is 1. The zero-order chi connectivity index (χ0) is 22.1. The number of aryl methyl sites for hydroxylation is 1. The van der Waals surface area contributed by atoms with Crippen molar-refractivity contribution in [1.82, 2.24) is 20.0 Å². The number of carbonyl (C=O) groups excluding carboxylic acids is 1. The first-order valence-corrected chi connectivity index (χ1v) is 10.9. The summed E-state index contributed by atoms with van der Waals surface area (Å²) in [7, 11) is 0. The minimum atomic E-state index is -0.0796. The Morgan fingerprint density at radius 2 is 1.94 bits per heavy atom. The molecule has 1 fully saturated rings. The van der Waals surface area contributed by atoms with Gasteiger partial charge in [-0.05, 0) is 56.2 Å². The molecule has 0 N–H and O–H groups in total. The molecule has 8 heteroatoms. The van der Waals surface area contributed by atoms with Crippen molar-refractivity contribution >= 4 is 17.5 Å². The Kier molecular flexibility index (Phi) is 5.49. The average molecular weight is 449 g/mol. The van der Waals surface area contributed by atoms with Crippen LogP contribution >= 0.6 is 11.6 Å². The fraction of sp³-hybridized carbons (Fsp3) is 0.250. The molecule has 0 spiro atoms. The lowest BCUT2D eigenvalue weighted by atomic mass is 9.90. The monoisotopic (exact) mass is 448 g/mol. The van der Waals surface area contributed by atoms with E-state index in [-0.39, 0.29) is 11.8 Å². The minimum Gasteiger partial charge on any atom is -0.459 e. The van der Waals surface area contributed by atoms with Crippen molar-refractivity contribution in [2.24, 2.45) is 0 Å². The second kappa shape index (κ2) is 8.59. The van der Waals surface area contributed by atoms with Gasteiger partial charge < -0.3 is 13.8 Å². The summed E-state index contributed by atoms with van der Waals surface area (Å²) in [5, 5.41) is 4.69. The molecule has 1 aliphatic rings. The van der Waals surface area contributed by atoms with Crippen LogP contribution in [0.5, 0.6) is 0 Å². The molecule has 0 radical (unpaired) electrons. The molecular weight excluding hydrogens is 428 g/mol. The number of hydrogen-bond donors (Lipinski definition) is 0. The summed E-state index contributed by atoms with van der Waals surface area (Å²) in [5.41, 5.74) is 3.43. The molecule has 32 heavy (non-hydrogen) atoms. The lowest BCUT2D eigenvalue weighted by molar-refractivity contribution is 0.0680. The zero-order valence-corrected chi connectivity index (χ0v) is 18.2. The van der Waals surface area contributed by atoms with Gasteiger partial charge in [-0.2, -0.15) is 0 Å². The van der Waals surface area contributed by atoms with Crippen LogP contribution in [0.15, 0.2) is 63.9 Å². The Hall–Kier alpha value is -3.45. The van der Waals surface area contributed by atoms with Crippen molar-refractivity contribution in [2.45, 2.75) is 25.7 Å². The lowest BCUT2D eigenvalue weighted by Crippen LogP contribution is -2.38. The van der Waals surface area contributed by atoms with E-state index in [1.54, 1.807) is 18.3 Å². The van der Waals surface area contributed by atoms with E-state index in [9.17, 15) is 4.79 Å². The standard InChI is InChI=1S/C24H21ClN4O3/c1-15-13-21(32-28-15)19-14-26-23(17-4-6-18(25)7-5-17)27-22(19)16-8-10-29(11-9-16)24(30)20-3-2-12-31-20/h2-7,12-14,16H,8-11H2,1H3. The van der Waals surface area contributed by atoms with Crippen LogP contribution in [0.1, 0.15) is 40.7 Å². The van der Waals surface area contributed by atoms with Crippen LogP contribution in [0.25, 0.3) is 22.7 Å². The van der Waals surface area contributed by atoms with E-state index in [2.05, 4.69) is 10.1 Å². The summed E-state index contributed by atoms with van der Waals surface area (Å²) >= 11 is 6.04. The summed E-state index contributed by atoms with van der Waals surface area (Å²) in [5.74, 6) is 1.72. The van der Waals surface area contributed by atoms with Crippen LogP contribution in [0.2, 0.25) is 5.02 Å². The van der Waals surface area contributed by atoms with E-state index in [0.29, 0.717) is 35.5 Å². The van der Waals surface area contributed by atoms with Gasteiger partial charge in [0, 0.05) is 41.9 Å². The summed E-state index contributed by atoms with van der Waals surface area (Å²) < 4.78 is 10.8. The van der Waals surface area contributed by atoms with Gasteiger partial charge in [0.05, 0.1) is 23.2 Å². The zero-order valence-electron chi connectivity index (χ0n) is 17.5. The van der Waals surface area contributed by atoms with Gasteiger partial charge in [-0.3, -0.25) is 4.79 Å². The summed E-state index contributed by atoms with van der Waals surface area (Å²) in [6.45, 7) is 3.13. The molecule has 3 aromatic heterocycles. The molecule has 5 rings (SSSR count). The normalized spacial score (nSPS) is 14.6. The van der Waals surface area contributed by atoms with Crippen LogP contribution in [-0.4, -0.2) is 39.0 Å². The number of halogens is 1. The number of furan rings is 1. The van der Waals surface area contributed by atoms with E-state index >= 15 is 0 Å². The molecule has 0 saturated carbocycles. The largest absolute Gasteiger partial charge is 0.459 e. The summed E-state index contributed by atoms with van der Waals surface area (Å²) in [6, 6.07) is 12.8. The van der Waals surface area contributed by atoms with Gasteiger partial charge in [-0.25, -0.2) is 9.97 Å². The molecule has 1 aromatic carbocycles. The van der Waals surface area contributed by atoms with Gasteiger partial charge in [0.25, 0.3) is 5.91 Å². The first kappa shape index (κ1) is 20.5. The van der Waals surface area contributed by atoms with Gasteiger partial charge >= 0.3 is 0 Å². The quantitative estimate of drug-likeness (QED) is 0.417. The highest BCUT2D eigenvalue weighted by Crippen LogP contribution is 2.35. The van der Waals surface area contributed by atoms with Gasteiger partial charge in [-0.15, -0.1) is 0 Å². The number of benzene rings is 1. The van der Waals surface area contributed by atoms with Crippen LogP contribution in [0, 0.1) is 6.92 Å². The number of aromatic nitrogens is 3. The highest BCUT2D eigenvalue weighted by atomic mass is 35.5. The van der Waals surface area contributed by atoms with Gasteiger partial charge in [0.15, 0.2) is 17.3 Å². The molecule has 0 atom stereocenters. The third kappa shape index (κ3) is 4.03. The van der Waals surface area contributed by atoms with Crippen LogP contribution < -0.4 is 0 Å². The Labute approximate surface area is 190 Å². The van der Waals surface area contributed by atoms with Gasteiger partial charge in [0.2, 0.25) is 0 Å². The molecule has 4 aromatic rings. The van der Waals surface area contributed by atoms with Gasteiger partial charge in [-0.1, -0.05) is 16.8 Å². The topological polar surface area (TPSA) is 85.3 Å². The third-order valence-corrected chi connectivity index (χ3v) is 5.97. The molecule has 0 unspecified atom stereocenters. The molecule has 1 saturated heterocycles. The third-order valence-electron chi connectivity index (χ3n) is 5.71. The molecule has 4 heterocycles. The lowest BCUT2D eigenvalue weighted by Gasteiger charge is -2.31. The van der Waals surface area contributed by atoms with Gasteiger partial charge in [0.1, 0.15) is 0 Å². The smallest absolute Gasteiger partial charge is 0.289 e. The average Bonchev–Trinajstić information content (AvgIpc) is 3.51. The van der Waals surface area contributed by atoms with Crippen molar-refractivity contribution in [3.63, 3.8) is 0 Å². The maximum absolute atomic E-state index is 12.6. The number of piperidine rings is 1. The Morgan fingerprint density at radius 3 is 2.59 bits per heavy atom. The maximum Gasteiger partial charge on any atom is 0.289 e. The fourth-order valence-electron chi connectivity index (χ4n) is 4.04. The minimum absolute atomic E-state index is 0.0796.